The second-order valence-electron chi connectivity index (χ2n) is 3.26. The Kier molecular flexibility index (Phi) is 4.05. The third-order valence-electron chi connectivity index (χ3n) is 2.04. The van der Waals surface area contributed by atoms with Crippen LogP contribution < -0.4 is 15.6 Å². The third-order valence-corrected chi connectivity index (χ3v) is 3.50. The first-order valence-electron chi connectivity index (χ1n) is 4.71. The van der Waals surface area contributed by atoms with Crippen molar-refractivity contribution < 1.29 is 23.1 Å². The summed E-state index contributed by atoms with van der Waals surface area (Å²) in [5.74, 6) is -1.57. The number of anilines is 1. The van der Waals surface area contributed by atoms with E-state index in [2.05, 4.69) is 0 Å². The van der Waals surface area contributed by atoms with Crippen LogP contribution >= 0.6 is 11.6 Å². The van der Waals surface area contributed by atoms with Gasteiger partial charge >= 0.3 is 5.97 Å². The number of nitrogen functional groups attached to an aromatic ring is 1. The Labute approximate surface area is 108 Å². The molecule has 18 heavy (non-hydrogen) atoms. The molecular formula is C9H11ClN2O5S. The number of hydrogen-bond acceptors (Lipinski definition) is 5. The molecule has 1 aromatic carbocycles. The molecule has 0 aliphatic carbocycles. The molecule has 0 saturated carbocycles. The number of ether oxygens (including phenoxy) is 1. The molecule has 0 spiro atoms. The highest BCUT2D eigenvalue weighted by Crippen LogP contribution is 2.38. The first-order valence-corrected chi connectivity index (χ1v) is 6.63. The van der Waals surface area contributed by atoms with Gasteiger partial charge in [-0.2, -0.15) is 0 Å². The Morgan fingerprint density at radius 1 is 1.56 bits per heavy atom. The molecule has 0 radical (unpaired) electrons. The fourth-order valence-corrected chi connectivity index (χ4v) is 2.41. The summed E-state index contributed by atoms with van der Waals surface area (Å²) in [4.78, 5) is 10.5. The van der Waals surface area contributed by atoms with Gasteiger partial charge in [0.25, 0.3) is 0 Å². The molecule has 0 aliphatic rings. The van der Waals surface area contributed by atoms with Gasteiger partial charge in [0.15, 0.2) is 5.75 Å². The van der Waals surface area contributed by atoms with Gasteiger partial charge in [-0.15, -0.1) is 0 Å². The molecule has 1 aromatic rings. The summed E-state index contributed by atoms with van der Waals surface area (Å²) in [5, 5.41) is 13.5. The van der Waals surface area contributed by atoms with Crippen molar-refractivity contribution in [3.05, 3.63) is 16.7 Å². The van der Waals surface area contributed by atoms with E-state index < -0.39 is 26.5 Å². The zero-order chi connectivity index (χ0) is 14.1. The molecule has 0 fully saturated rings. The number of aromatic carboxylic acids is 1. The maximum Gasteiger partial charge on any atom is 0.339 e. The Morgan fingerprint density at radius 2 is 2.11 bits per heavy atom. The molecule has 9 heteroatoms. The Bertz CT molecular complexity index is 599. The minimum Gasteiger partial charge on any atom is -0.491 e. The molecular weight excluding hydrogens is 284 g/mol. The average molecular weight is 295 g/mol. The van der Waals surface area contributed by atoms with Gasteiger partial charge in [-0.3, -0.25) is 0 Å². The van der Waals surface area contributed by atoms with E-state index in [-0.39, 0.29) is 23.1 Å². The summed E-state index contributed by atoms with van der Waals surface area (Å²) < 4.78 is 27.6. The highest BCUT2D eigenvalue weighted by Gasteiger charge is 2.25. The largest absolute Gasteiger partial charge is 0.491 e. The van der Waals surface area contributed by atoms with Crippen LogP contribution in [0.4, 0.5) is 5.69 Å². The molecule has 0 aromatic heterocycles. The number of benzene rings is 1. The van der Waals surface area contributed by atoms with Crippen molar-refractivity contribution >= 4 is 33.3 Å². The van der Waals surface area contributed by atoms with Crippen molar-refractivity contribution in [1.82, 2.24) is 0 Å². The van der Waals surface area contributed by atoms with Crippen LogP contribution in [0.1, 0.15) is 17.3 Å². The lowest BCUT2D eigenvalue weighted by molar-refractivity contribution is 0.0692. The maximum absolute atomic E-state index is 11.3. The summed E-state index contributed by atoms with van der Waals surface area (Å²) in [6.45, 7) is 1.77. The smallest absolute Gasteiger partial charge is 0.339 e. The monoisotopic (exact) mass is 294 g/mol. The number of carbonyl (C=O) groups is 1. The summed E-state index contributed by atoms with van der Waals surface area (Å²) >= 11 is 5.74. The van der Waals surface area contributed by atoms with Crippen molar-refractivity contribution in [1.29, 1.82) is 0 Å². The van der Waals surface area contributed by atoms with E-state index in [0.29, 0.717) is 0 Å². The van der Waals surface area contributed by atoms with E-state index in [0.717, 1.165) is 6.07 Å². The number of sulfonamides is 1. The normalized spacial score (nSPS) is 11.3. The second kappa shape index (κ2) is 5.01. The lowest BCUT2D eigenvalue weighted by Crippen LogP contribution is -2.16. The molecule has 0 amide bonds. The fraction of sp³-hybridized carbons (Fsp3) is 0.222. The van der Waals surface area contributed by atoms with Gasteiger partial charge in [0.05, 0.1) is 17.3 Å². The lowest BCUT2D eigenvalue weighted by atomic mass is 10.1. The number of rotatable bonds is 4. The number of hydrogen-bond donors (Lipinski definition) is 3. The molecule has 7 nitrogen and oxygen atoms in total. The number of nitrogens with two attached hydrogens (primary N) is 2. The zero-order valence-corrected chi connectivity index (χ0v) is 10.9. The van der Waals surface area contributed by atoms with E-state index in [1.165, 1.54) is 0 Å². The van der Waals surface area contributed by atoms with Gasteiger partial charge in [-0.25, -0.2) is 18.4 Å². The number of primary sulfonamides is 1. The van der Waals surface area contributed by atoms with Gasteiger partial charge in [0, 0.05) is 0 Å². The third kappa shape index (κ3) is 2.66. The van der Waals surface area contributed by atoms with E-state index in [1.807, 2.05) is 0 Å². The molecule has 0 saturated heterocycles. The average Bonchev–Trinajstić information content (AvgIpc) is 2.23. The molecule has 0 aliphatic heterocycles. The predicted octanol–water partition coefficient (Wildman–Crippen LogP) is 0.667. The number of halogens is 1. The number of carboxylic acid groups (broad SMARTS) is 1. The molecule has 0 atom stereocenters. The molecule has 0 unspecified atom stereocenters. The summed E-state index contributed by atoms with van der Waals surface area (Å²) in [5.41, 5.74) is 4.87. The summed E-state index contributed by atoms with van der Waals surface area (Å²) in [7, 11) is -4.17. The van der Waals surface area contributed by atoms with Crippen LogP contribution in [0.2, 0.25) is 5.02 Å². The quantitative estimate of drug-likeness (QED) is 0.699. The van der Waals surface area contributed by atoms with Crippen LogP contribution in [0.25, 0.3) is 0 Å². The van der Waals surface area contributed by atoms with Crippen molar-refractivity contribution in [2.45, 2.75) is 11.8 Å². The van der Waals surface area contributed by atoms with Gasteiger partial charge < -0.3 is 15.6 Å². The van der Waals surface area contributed by atoms with Gasteiger partial charge in [0.1, 0.15) is 10.5 Å². The number of carboxylic acids is 1. The van der Waals surface area contributed by atoms with Gasteiger partial charge in [-0.1, -0.05) is 11.6 Å². The second-order valence-corrected chi connectivity index (χ2v) is 5.17. The fourth-order valence-electron chi connectivity index (χ4n) is 1.30. The minimum atomic E-state index is -4.17. The van der Waals surface area contributed by atoms with Crippen LogP contribution in [0, 0.1) is 0 Å². The molecule has 1 rings (SSSR count). The first-order chi connectivity index (χ1) is 8.20. The van der Waals surface area contributed by atoms with E-state index in [1.54, 1.807) is 6.92 Å². The minimum absolute atomic E-state index is 0.148. The zero-order valence-electron chi connectivity index (χ0n) is 9.31. The molecule has 0 heterocycles. The van der Waals surface area contributed by atoms with Crippen molar-refractivity contribution in [3.8, 4) is 5.75 Å². The Balaban J connectivity index is 3.70. The topological polar surface area (TPSA) is 133 Å². The maximum atomic E-state index is 11.3. The first kappa shape index (κ1) is 14.6. The Hall–Kier alpha value is -1.51. The highest BCUT2D eigenvalue weighted by molar-refractivity contribution is 7.89. The van der Waals surface area contributed by atoms with Crippen molar-refractivity contribution in [2.75, 3.05) is 12.3 Å². The van der Waals surface area contributed by atoms with E-state index >= 15 is 0 Å². The summed E-state index contributed by atoms with van der Waals surface area (Å²) in [6.07, 6.45) is 0. The highest BCUT2D eigenvalue weighted by atomic mass is 35.5. The molecule has 5 N–H and O–H groups in total. The summed E-state index contributed by atoms with van der Waals surface area (Å²) in [6, 6.07) is 0.821. The van der Waals surface area contributed by atoms with Gasteiger partial charge in [0.2, 0.25) is 10.0 Å². The lowest BCUT2D eigenvalue weighted by Gasteiger charge is -2.13. The van der Waals surface area contributed by atoms with Crippen LogP contribution in [-0.2, 0) is 10.0 Å². The van der Waals surface area contributed by atoms with Crippen LogP contribution in [0.3, 0.4) is 0 Å². The Morgan fingerprint density at radius 3 is 2.50 bits per heavy atom. The standard InChI is InChI=1S/C9H11ClN2O5S/c1-2-17-8-4(9(13)14)3-5(18(12,15)16)6(10)7(8)11/h3H,2,11H2,1H3,(H,13,14)(H2,12,15,16). The van der Waals surface area contributed by atoms with E-state index in [9.17, 15) is 13.2 Å². The van der Waals surface area contributed by atoms with Crippen LogP contribution in [0.5, 0.6) is 5.75 Å². The van der Waals surface area contributed by atoms with Crippen molar-refractivity contribution in [3.63, 3.8) is 0 Å². The van der Waals surface area contributed by atoms with Crippen molar-refractivity contribution in [2.24, 2.45) is 5.14 Å². The SMILES string of the molecule is CCOc1c(C(=O)O)cc(S(N)(=O)=O)c(Cl)c1N. The molecule has 100 valence electrons. The van der Waals surface area contributed by atoms with Gasteiger partial charge in [-0.05, 0) is 13.0 Å². The molecule has 0 bridgehead atoms. The van der Waals surface area contributed by atoms with E-state index in [4.69, 9.17) is 32.3 Å². The van der Waals surface area contributed by atoms with Crippen LogP contribution in [0.15, 0.2) is 11.0 Å². The van der Waals surface area contributed by atoms with Crippen LogP contribution in [-0.4, -0.2) is 26.1 Å². The predicted molar refractivity (Wildman–Crippen MR) is 65.4 cm³/mol.